The first-order valence-electron chi connectivity index (χ1n) is 7.80. The van der Waals surface area contributed by atoms with Gasteiger partial charge in [0.05, 0.1) is 7.11 Å². The Hall–Kier alpha value is -2.79. The van der Waals surface area contributed by atoms with Crippen molar-refractivity contribution in [2.24, 2.45) is 0 Å². The molecule has 0 aliphatic rings. The van der Waals surface area contributed by atoms with E-state index in [-0.39, 0.29) is 17.9 Å². The van der Waals surface area contributed by atoms with Crippen LogP contribution in [0.3, 0.4) is 0 Å². The van der Waals surface area contributed by atoms with Gasteiger partial charge in [0.15, 0.2) is 0 Å². The van der Waals surface area contributed by atoms with Gasteiger partial charge in [0.25, 0.3) is 5.56 Å². The Morgan fingerprint density at radius 1 is 1.16 bits per heavy atom. The maximum Gasteiger partial charge on any atom is 0.251 e. The van der Waals surface area contributed by atoms with Crippen LogP contribution in [0.4, 0.5) is 5.69 Å². The van der Waals surface area contributed by atoms with E-state index in [4.69, 9.17) is 16.3 Å². The number of H-pyrrole nitrogens is 1. The highest BCUT2D eigenvalue weighted by molar-refractivity contribution is 6.30. The topological polar surface area (TPSA) is 71.2 Å². The maximum atomic E-state index is 12.2. The third kappa shape index (κ3) is 4.19. The molecule has 1 heterocycles. The van der Waals surface area contributed by atoms with Gasteiger partial charge in [-0.15, -0.1) is 0 Å². The molecule has 0 spiro atoms. The van der Waals surface area contributed by atoms with Crippen molar-refractivity contribution in [2.75, 3.05) is 12.4 Å². The summed E-state index contributed by atoms with van der Waals surface area (Å²) < 4.78 is 5.20. The first-order valence-corrected chi connectivity index (χ1v) is 8.18. The molecule has 2 aromatic carbocycles. The van der Waals surface area contributed by atoms with E-state index in [2.05, 4.69) is 10.3 Å². The second kappa shape index (κ2) is 7.40. The highest BCUT2D eigenvalue weighted by Crippen LogP contribution is 2.19. The Labute approximate surface area is 149 Å². The number of aromatic nitrogens is 1. The number of aryl methyl sites for hydroxylation is 1. The number of carbonyl (C=O) groups excluding carboxylic acids is 1. The second-order valence-corrected chi connectivity index (χ2v) is 6.07. The number of pyridine rings is 1. The third-order valence-electron chi connectivity index (χ3n) is 3.88. The van der Waals surface area contributed by atoms with Crippen molar-refractivity contribution < 1.29 is 9.53 Å². The van der Waals surface area contributed by atoms with Crippen LogP contribution in [0.15, 0.2) is 53.3 Å². The van der Waals surface area contributed by atoms with Gasteiger partial charge < -0.3 is 15.0 Å². The highest BCUT2D eigenvalue weighted by Gasteiger charge is 2.08. The summed E-state index contributed by atoms with van der Waals surface area (Å²) in [5.74, 6) is 0.554. The fourth-order valence-corrected chi connectivity index (χ4v) is 2.67. The van der Waals surface area contributed by atoms with E-state index in [0.717, 1.165) is 10.9 Å². The summed E-state index contributed by atoms with van der Waals surface area (Å²) >= 11 is 5.82. The maximum absolute atomic E-state index is 12.2. The first kappa shape index (κ1) is 17.0. The highest BCUT2D eigenvalue weighted by atomic mass is 35.5. The van der Waals surface area contributed by atoms with E-state index in [1.165, 1.54) is 0 Å². The van der Waals surface area contributed by atoms with Gasteiger partial charge in [0.2, 0.25) is 5.91 Å². The molecule has 0 unspecified atom stereocenters. The van der Waals surface area contributed by atoms with E-state index in [1.807, 2.05) is 6.07 Å². The molecule has 0 radical (unpaired) electrons. The predicted octanol–water partition coefficient (Wildman–Crippen LogP) is 3.76. The molecule has 0 fully saturated rings. The van der Waals surface area contributed by atoms with Crippen LogP contribution in [0.2, 0.25) is 5.02 Å². The molecular formula is C19H17ClN2O3. The molecule has 3 rings (SSSR count). The second-order valence-electron chi connectivity index (χ2n) is 5.63. The van der Waals surface area contributed by atoms with E-state index < -0.39 is 0 Å². The molecule has 1 aromatic heterocycles. The van der Waals surface area contributed by atoms with E-state index >= 15 is 0 Å². The number of fused-ring (bicyclic) bond motifs is 1. The SMILES string of the molecule is COc1ccc2[nH]c(=O)c(CCC(=O)Nc3ccc(Cl)cc3)cc2c1. The van der Waals surface area contributed by atoms with Gasteiger partial charge in [0, 0.05) is 33.6 Å². The molecule has 6 heteroatoms. The molecule has 2 N–H and O–H groups in total. The van der Waals surface area contributed by atoms with Gasteiger partial charge in [-0.1, -0.05) is 11.6 Å². The molecule has 0 aliphatic heterocycles. The van der Waals surface area contributed by atoms with Crippen molar-refractivity contribution in [1.82, 2.24) is 4.98 Å². The molecule has 0 bridgehead atoms. The van der Waals surface area contributed by atoms with Crippen molar-refractivity contribution in [3.05, 3.63) is 69.5 Å². The Balaban J connectivity index is 1.71. The summed E-state index contributed by atoms with van der Waals surface area (Å²) in [5.41, 5.74) is 1.79. The van der Waals surface area contributed by atoms with Crippen LogP contribution in [0, 0.1) is 0 Å². The third-order valence-corrected chi connectivity index (χ3v) is 4.13. The van der Waals surface area contributed by atoms with Gasteiger partial charge >= 0.3 is 0 Å². The molecule has 3 aromatic rings. The van der Waals surface area contributed by atoms with Crippen molar-refractivity contribution in [2.45, 2.75) is 12.8 Å². The molecule has 25 heavy (non-hydrogen) atoms. The smallest absolute Gasteiger partial charge is 0.251 e. The monoisotopic (exact) mass is 356 g/mol. The molecule has 1 amide bonds. The normalized spacial score (nSPS) is 10.6. The number of hydrogen-bond acceptors (Lipinski definition) is 3. The minimum atomic E-state index is -0.183. The summed E-state index contributed by atoms with van der Waals surface area (Å²) in [4.78, 5) is 27.1. The summed E-state index contributed by atoms with van der Waals surface area (Å²) in [7, 11) is 1.59. The Morgan fingerprint density at radius 2 is 1.92 bits per heavy atom. The average molecular weight is 357 g/mol. The molecule has 0 atom stereocenters. The lowest BCUT2D eigenvalue weighted by molar-refractivity contribution is -0.116. The van der Waals surface area contributed by atoms with Gasteiger partial charge in [-0.05, 0) is 55.0 Å². The standard InChI is InChI=1S/C19H17ClN2O3/c1-25-16-7-8-17-13(11-16)10-12(19(24)22-17)2-9-18(23)21-15-5-3-14(20)4-6-15/h3-8,10-11H,2,9H2,1H3,(H,21,23)(H,22,24). The van der Waals surface area contributed by atoms with Crippen LogP contribution >= 0.6 is 11.6 Å². The molecule has 0 aliphatic carbocycles. The quantitative estimate of drug-likeness (QED) is 0.731. The van der Waals surface area contributed by atoms with Crippen LogP contribution in [0.1, 0.15) is 12.0 Å². The fourth-order valence-electron chi connectivity index (χ4n) is 2.55. The van der Waals surface area contributed by atoms with Crippen LogP contribution in [-0.4, -0.2) is 18.0 Å². The zero-order valence-corrected chi connectivity index (χ0v) is 14.4. The fraction of sp³-hybridized carbons (Fsp3) is 0.158. The summed E-state index contributed by atoms with van der Waals surface area (Å²) in [6.07, 6.45) is 0.559. The van der Waals surface area contributed by atoms with Crippen LogP contribution in [0.5, 0.6) is 5.75 Å². The van der Waals surface area contributed by atoms with E-state index in [1.54, 1.807) is 49.6 Å². The van der Waals surface area contributed by atoms with Crippen LogP contribution in [-0.2, 0) is 11.2 Å². The number of hydrogen-bond donors (Lipinski definition) is 2. The van der Waals surface area contributed by atoms with Gasteiger partial charge in [-0.25, -0.2) is 0 Å². The first-order chi connectivity index (χ1) is 12.0. The number of rotatable bonds is 5. The number of benzene rings is 2. The van der Waals surface area contributed by atoms with Gasteiger partial charge in [0.1, 0.15) is 5.75 Å². The average Bonchev–Trinajstić information content (AvgIpc) is 2.61. The lowest BCUT2D eigenvalue weighted by Crippen LogP contribution is -2.17. The van der Waals surface area contributed by atoms with Crippen molar-refractivity contribution in [3.8, 4) is 5.75 Å². The predicted molar refractivity (Wildman–Crippen MR) is 99.5 cm³/mol. The van der Waals surface area contributed by atoms with Crippen molar-refractivity contribution in [3.63, 3.8) is 0 Å². The lowest BCUT2D eigenvalue weighted by Gasteiger charge is -2.07. The number of methoxy groups -OCH3 is 1. The lowest BCUT2D eigenvalue weighted by atomic mass is 10.1. The number of nitrogens with one attached hydrogen (secondary N) is 2. The number of amides is 1. The van der Waals surface area contributed by atoms with Crippen LogP contribution < -0.4 is 15.6 Å². The van der Waals surface area contributed by atoms with Crippen LogP contribution in [0.25, 0.3) is 10.9 Å². The van der Waals surface area contributed by atoms with Crippen molar-refractivity contribution >= 4 is 34.1 Å². The largest absolute Gasteiger partial charge is 0.497 e. The van der Waals surface area contributed by atoms with E-state index in [9.17, 15) is 9.59 Å². The molecule has 5 nitrogen and oxygen atoms in total. The zero-order chi connectivity index (χ0) is 17.8. The number of anilines is 1. The summed E-state index contributed by atoms with van der Waals surface area (Å²) in [6, 6.07) is 14.1. The van der Waals surface area contributed by atoms with E-state index in [0.29, 0.717) is 28.4 Å². The van der Waals surface area contributed by atoms with Gasteiger partial charge in [-0.3, -0.25) is 9.59 Å². The molecule has 128 valence electrons. The summed E-state index contributed by atoms with van der Waals surface area (Å²) in [6.45, 7) is 0. The van der Waals surface area contributed by atoms with Crippen molar-refractivity contribution in [1.29, 1.82) is 0 Å². The number of carbonyl (C=O) groups is 1. The zero-order valence-electron chi connectivity index (χ0n) is 13.6. The summed E-state index contributed by atoms with van der Waals surface area (Å²) in [5, 5.41) is 4.26. The minimum absolute atomic E-state index is 0.160. The number of halogens is 1. The molecular weight excluding hydrogens is 340 g/mol. The Kier molecular flexibility index (Phi) is 5.05. The molecule has 0 saturated carbocycles. The number of ether oxygens (including phenoxy) is 1. The Bertz CT molecular complexity index is 965. The molecule has 0 saturated heterocycles. The van der Waals surface area contributed by atoms with Gasteiger partial charge in [-0.2, -0.15) is 0 Å². The number of aromatic amines is 1. The minimum Gasteiger partial charge on any atom is -0.497 e. The Morgan fingerprint density at radius 3 is 2.64 bits per heavy atom.